The molecule has 0 aliphatic carbocycles. The number of halogens is 3. The Labute approximate surface area is 187 Å². The van der Waals surface area contributed by atoms with E-state index in [4.69, 9.17) is 9.47 Å². The molecule has 4 heterocycles. The second-order valence-electron chi connectivity index (χ2n) is 7.12. The number of rotatable bonds is 0. The van der Waals surface area contributed by atoms with E-state index in [0.717, 1.165) is 12.1 Å². The first-order valence-corrected chi connectivity index (χ1v) is 11.5. The van der Waals surface area contributed by atoms with Crippen molar-refractivity contribution in [1.82, 2.24) is 15.0 Å². The molecular formula is C21H19F3N4O4S. The Kier molecular flexibility index (Phi) is 6.36. The summed E-state index contributed by atoms with van der Waals surface area (Å²) >= 11 is 0. The number of pyridine rings is 3. The van der Waals surface area contributed by atoms with Crippen LogP contribution in [0, 0.1) is 0 Å². The van der Waals surface area contributed by atoms with Crippen LogP contribution in [0.15, 0.2) is 53.7 Å². The molecule has 4 rings (SSSR count). The van der Waals surface area contributed by atoms with Crippen molar-refractivity contribution in [3.05, 3.63) is 54.2 Å². The highest BCUT2D eigenvalue weighted by Crippen LogP contribution is 2.39. The van der Waals surface area contributed by atoms with Crippen molar-refractivity contribution >= 4 is 15.8 Å². The predicted octanol–water partition coefficient (Wildman–Crippen LogP) is 4.30. The number of ether oxygens (including phenoxy) is 2. The smallest absolute Gasteiger partial charge is 0.418 e. The van der Waals surface area contributed by atoms with Crippen LogP contribution in [0.2, 0.25) is 0 Å². The molecule has 0 spiro atoms. The maximum atomic E-state index is 13.7. The first-order chi connectivity index (χ1) is 15.7. The third-order valence-electron chi connectivity index (χ3n) is 4.72. The van der Waals surface area contributed by atoms with Gasteiger partial charge < -0.3 is 9.47 Å². The Balaban J connectivity index is 1.84. The van der Waals surface area contributed by atoms with Gasteiger partial charge in [0.25, 0.3) is 10.0 Å². The number of sulfonamides is 1. The Hall–Kier alpha value is -3.41. The van der Waals surface area contributed by atoms with Gasteiger partial charge in [-0.25, -0.2) is 9.97 Å². The average molecular weight is 480 g/mol. The Morgan fingerprint density at radius 3 is 2.48 bits per heavy atom. The van der Waals surface area contributed by atoms with Crippen LogP contribution in [0.25, 0.3) is 11.3 Å². The normalized spacial score (nSPS) is 16.3. The second-order valence-corrected chi connectivity index (χ2v) is 8.75. The average Bonchev–Trinajstić information content (AvgIpc) is 2.77. The van der Waals surface area contributed by atoms with Gasteiger partial charge in [0.1, 0.15) is 5.82 Å². The van der Waals surface area contributed by atoms with Gasteiger partial charge in [-0.1, -0.05) is 6.07 Å². The molecular weight excluding hydrogens is 461 g/mol. The van der Waals surface area contributed by atoms with E-state index < -0.39 is 27.5 Å². The van der Waals surface area contributed by atoms with E-state index in [1.165, 1.54) is 36.5 Å². The number of anilines is 1. The van der Waals surface area contributed by atoms with Gasteiger partial charge in [0, 0.05) is 12.3 Å². The Bertz CT molecular complexity index is 1250. The lowest BCUT2D eigenvalue weighted by Gasteiger charge is -2.16. The van der Waals surface area contributed by atoms with Crippen molar-refractivity contribution in [1.29, 1.82) is 0 Å². The van der Waals surface area contributed by atoms with E-state index in [-0.39, 0.29) is 34.8 Å². The highest BCUT2D eigenvalue weighted by Gasteiger charge is 2.36. The molecule has 12 heteroatoms. The lowest BCUT2D eigenvalue weighted by Crippen LogP contribution is -2.17. The minimum atomic E-state index is -4.74. The molecule has 3 aromatic rings. The maximum absolute atomic E-state index is 13.7. The molecule has 3 aromatic heterocycles. The lowest BCUT2D eigenvalue weighted by molar-refractivity contribution is -0.137. The van der Waals surface area contributed by atoms with Gasteiger partial charge >= 0.3 is 6.18 Å². The fourth-order valence-corrected chi connectivity index (χ4v) is 4.14. The first-order valence-electron chi connectivity index (χ1n) is 10.0. The summed E-state index contributed by atoms with van der Waals surface area (Å²) in [6.45, 7) is 0.543. The van der Waals surface area contributed by atoms with E-state index in [1.54, 1.807) is 0 Å². The molecule has 0 fully saturated rings. The first kappa shape index (κ1) is 22.8. The topological polar surface area (TPSA) is 103 Å². The molecule has 174 valence electrons. The minimum absolute atomic E-state index is 0.00125. The van der Waals surface area contributed by atoms with Crippen molar-refractivity contribution in [3.8, 4) is 23.0 Å². The summed E-state index contributed by atoms with van der Waals surface area (Å²) in [6.07, 6.45) is -1.37. The molecule has 1 aliphatic heterocycles. The van der Waals surface area contributed by atoms with Crippen LogP contribution in [0.5, 0.6) is 11.8 Å². The summed E-state index contributed by atoms with van der Waals surface area (Å²) in [7, 11) is -4.25. The zero-order valence-electron chi connectivity index (χ0n) is 17.2. The van der Waals surface area contributed by atoms with E-state index in [2.05, 4.69) is 19.7 Å². The maximum Gasteiger partial charge on any atom is 0.418 e. The number of aromatic nitrogens is 3. The van der Waals surface area contributed by atoms with Gasteiger partial charge in [0.05, 0.1) is 30.0 Å². The van der Waals surface area contributed by atoms with Crippen LogP contribution >= 0.6 is 0 Å². The summed E-state index contributed by atoms with van der Waals surface area (Å²) in [4.78, 5) is 12.0. The van der Waals surface area contributed by atoms with Crippen LogP contribution < -0.4 is 14.2 Å². The highest BCUT2D eigenvalue weighted by atomic mass is 32.2. The zero-order chi connectivity index (χ0) is 23.5. The van der Waals surface area contributed by atoms with Crippen molar-refractivity contribution in [2.45, 2.75) is 30.5 Å². The van der Waals surface area contributed by atoms with Gasteiger partial charge in [0.2, 0.25) is 11.8 Å². The number of hydrogen-bond donors (Lipinski definition) is 1. The largest absolute Gasteiger partial charge is 0.478 e. The van der Waals surface area contributed by atoms with Gasteiger partial charge in [-0.2, -0.15) is 26.6 Å². The molecule has 1 N–H and O–H groups in total. The van der Waals surface area contributed by atoms with Gasteiger partial charge in [-0.3, -0.25) is 4.72 Å². The second kappa shape index (κ2) is 9.22. The molecule has 0 saturated heterocycles. The third kappa shape index (κ3) is 5.33. The number of alkyl halides is 3. The van der Waals surface area contributed by atoms with Gasteiger partial charge in [0.15, 0.2) is 5.03 Å². The Morgan fingerprint density at radius 2 is 1.70 bits per heavy atom. The number of hydrogen-bond acceptors (Lipinski definition) is 7. The number of fused-ring (bicyclic) bond motifs is 6. The van der Waals surface area contributed by atoms with Crippen molar-refractivity contribution < 1.29 is 31.1 Å². The molecule has 0 amide bonds. The van der Waals surface area contributed by atoms with Crippen LogP contribution in [-0.2, 0) is 16.2 Å². The molecule has 0 saturated carbocycles. The summed E-state index contributed by atoms with van der Waals surface area (Å²) in [5, 5.41) is -0.349. The molecule has 8 nitrogen and oxygen atoms in total. The molecule has 1 aliphatic rings. The van der Waals surface area contributed by atoms with Crippen LogP contribution in [-0.4, -0.2) is 36.6 Å². The Morgan fingerprint density at radius 1 is 0.909 bits per heavy atom. The van der Waals surface area contributed by atoms with E-state index >= 15 is 0 Å². The monoisotopic (exact) mass is 480 g/mol. The fourth-order valence-electron chi connectivity index (χ4n) is 3.18. The van der Waals surface area contributed by atoms with Gasteiger partial charge in [-0.15, -0.1) is 0 Å². The zero-order valence-corrected chi connectivity index (χ0v) is 18.0. The SMILES string of the molecule is O=S1(=O)Nc2ccc(C(F)(F)F)c(n2)-c2cccnc2OCCCCCOc2cccc1n2. The summed E-state index contributed by atoms with van der Waals surface area (Å²) in [5.41, 5.74) is -1.55. The molecule has 33 heavy (non-hydrogen) atoms. The van der Waals surface area contributed by atoms with Crippen LogP contribution in [0.4, 0.5) is 19.0 Å². The predicted molar refractivity (Wildman–Crippen MR) is 112 cm³/mol. The highest BCUT2D eigenvalue weighted by molar-refractivity contribution is 7.92. The molecule has 0 radical (unpaired) electrons. The van der Waals surface area contributed by atoms with Crippen molar-refractivity contribution in [2.24, 2.45) is 0 Å². The number of nitrogens with zero attached hydrogens (tertiary/aromatic N) is 3. The summed E-state index contributed by atoms with van der Waals surface area (Å²) in [5.74, 6) is -0.217. The molecule has 0 atom stereocenters. The quantitative estimate of drug-likeness (QED) is 0.512. The lowest BCUT2D eigenvalue weighted by atomic mass is 10.1. The standard InChI is InChI=1S/C21H19F3N4O4S/c22-21(23,24)15-9-10-16-26-19(15)14-6-5-11-25-20(14)32-13-3-1-2-12-31-17-7-4-8-18(27-17)33(29,30)28-16/h4-11H,1-3,12-13H2,(H,26,28). The van der Waals surface area contributed by atoms with Crippen molar-refractivity contribution in [2.75, 3.05) is 17.9 Å². The van der Waals surface area contributed by atoms with E-state index in [9.17, 15) is 21.6 Å². The van der Waals surface area contributed by atoms with E-state index in [0.29, 0.717) is 25.9 Å². The number of nitrogens with one attached hydrogen (secondary N) is 1. The molecule has 0 aromatic carbocycles. The fraction of sp³-hybridized carbons (Fsp3) is 0.286. The van der Waals surface area contributed by atoms with Crippen LogP contribution in [0.3, 0.4) is 0 Å². The van der Waals surface area contributed by atoms with E-state index in [1.807, 2.05) is 0 Å². The summed E-state index contributed by atoms with van der Waals surface area (Å²) < 4.78 is 80.2. The minimum Gasteiger partial charge on any atom is -0.478 e. The molecule has 0 unspecified atom stereocenters. The summed E-state index contributed by atoms with van der Waals surface area (Å²) in [6, 6.07) is 8.79. The molecule has 4 bridgehead atoms. The third-order valence-corrected chi connectivity index (χ3v) is 5.97. The van der Waals surface area contributed by atoms with Gasteiger partial charge in [-0.05, 0) is 49.6 Å². The van der Waals surface area contributed by atoms with Crippen LogP contribution in [0.1, 0.15) is 24.8 Å². The van der Waals surface area contributed by atoms with Crippen molar-refractivity contribution in [3.63, 3.8) is 0 Å².